The zero-order valence-electron chi connectivity index (χ0n) is 16.0. The number of nitrogens with zero attached hydrogens (tertiary/aromatic N) is 2. The Morgan fingerprint density at radius 1 is 1.33 bits per heavy atom. The standard InChI is InChI=1S/C21H27BrN2O3/c1-14(17-4-3-5-18(7-17)24(26)27)23(2)19(25)12-20-8-15-6-16(9-20)11-21(22,10-15)13-20/h3-5,7,14-16H,6,8-13H2,1-2H3. The lowest BCUT2D eigenvalue weighted by Gasteiger charge is -2.60. The Hall–Kier alpha value is -1.43. The lowest BCUT2D eigenvalue weighted by molar-refractivity contribution is -0.384. The second-order valence-electron chi connectivity index (χ2n) is 9.32. The van der Waals surface area contributed by atoms with Crippen LogP contribution in [0.25, 0.3) is 0 Å². The van der Waals surface area contributed by atoms with Gasteiger partial charge in [0.25, 0.3) is 5.69 Å². The van der Waals surface area contributed by atoms with Crippen molar-refractivity contribution in [1.82, 2.24) is 4.90 Å². The molecule has 0 radical (unpaired) electrons. The quantitative estimate of drug-likeness (QED) is 0.361. The van der Waals surface area contributed by atoms with E-state index in [-0.39, 0.29) is 32.3 Å². The number of nitro benzene ring substituents is 1. The van der Waals surface area contributed by atoms with Crippen LogP contribution in [0.5, 0.6) is 0 Å². The van der Waals surface area contributed by atoms with Crippen LogP contribution in [-0.4, -0.2) is 27.1 Å². The molecule has 4 aliphatic rings. The van der Waals surface area contributed by atoms with Gasteiger partial charge in [0.15, 0.2) is 0 Å². The lowest BCUT2D eigenvalue weighted by atomic mass is 9.48. The van der Waals surface area contributed by atoms with E-state index in [2.05, 4.69) is 15.9 Å². The Bertz CT molecular complexity index is 766. The molecule has 0 saturated heterocycles. The summed E-state index contributed by atoms with van der Waals surface area (Å²) in [5, 5.41) is 11.0. The van der Waals surface area contributed by atoms with Gasteiger partial charge in [0, 0.05) is 29.9 Å². The first-order chi connectivity index (χ1) is 12.7. The van der Waals surface area contributed by atoms with E-state index in [9.17, 15) is 14.9 Å². The largest absolute Gasteiger partial charge is 0.339 e. The summed E-state index contributed by atoms with van der Waals surface area (Å²) in [6.45, 7) is 1.95. The molecule has 0 spiro atoms. The van der Waals surface area contributed by atoms with Gasteiger partial charge in [-0.05, 0) is 68.3 Å². The number of alkyl halides is 1. The van der Waals surface area contributed by atoms with Crippen molar-refractivity contribution in [3.8, 4) is 0 Å². The van der Waals surface area contributed by atoms with E-state index in [0.717, 1.165) is 23.8 Å². The van der Waals surface area contributed by atoms with Crippen molar-refractivity contribution < 1.29 is 9.72 Å². The molecule has 0 aliphatic heterocycles. The van der Waals surface area contributed by atoms with Crippen LogP contribution in [0.2, 0.25) is 0 Å². The molecule has 6 heteroatoms. The number of non-ortho nitro benzene ring substituents is 1. The summed E-state index contributed by atoms with van der Waals surface area (Å²) in [6.07, 6.45) is 7.94. The predicted octanol–water partition coefficient (Wildman–Crippen LogP) is 5.24. The van der Waals surface area contributed by atoms with Crippen molar-refractivity contribution in [3.63, 3.8) is 0 Å². The highest BCUT2D eigenvalue weighted by Crippen LogP contribution is 2.65. The normalized spacial score (nSPS) is 35.1. The highest BCUT2D eigenvalue weighted by Gasteiger charge is 2.57. The van der Waals surface area contributed by atoms with Gasteiger partial charge in [-0.3, -0.25) is 14.9 Å². The van der Waals surface area contributed by atoms with E-state index in [0.29, 0.717) is 6.42 Å². The number of halogens is 1. The zero-order valence-corrected chi connectivity index (χ0v) is 17.6. The molecule has 4 bridgehead atoms. The molecule has 3 atom stereocenters. The minimum atomic E-state index is -0.386. The maximum atomic E-state index is 13.1. The molecule has 0 heterocycles. The van der Waals surface area contributed by atoms with Gasteiger partial charge in [-0.2, -0.15) is 0 Å². The topological polar surface area (TPSA) is 63.5 Å². The minimum absolute atomic E-state index is 0.0718. The van der Waals surface area contributed by atoms with Gasteiger partial charge >= 0.3 is 0 Å². The summed E-state index contributed by atoms with van der Waals surface area (Å²) in [4.78, 5) is 25.6. The summed E-state index contributed by atoms with van der Waals surface area (Å²) in [5.41, 5.74) is 1.02. The van der Waals surface area contributed by atoms with Gasteiger partial charge in [0.05, 0.1) is 11.0 Å². The average Bonchev–Trinajstić information content (AvgIpc) is 2.57. The molecule has 146 valence electrons. The summed E-state index contributed by atoms with van der Waals surface area (Å²) in [5.74, 6) is 1.68. The van der Waals surface area contributed by atoms with E-state index in [1.54, 1.807) is 17.0 Å². The van der Waals surface area contributed by atoms with Crippen LogP contribution < -0.4 is 0 Å². The van der Waals surface area contributed by atoms with Crippen molar-refractivity contribution >= 4 is 27.5 Å². The third-order valence-corrected chi connectivity index (χ3v) is 8.10. The van der Waals surface area contributed by atoms with Gasteiger partial charge in [0.1, 0.15) is 0 Å². The van der Waals surface area contributed by atoms with E-state index in [1.165, 1.54) is 38.2 Å². The average molecular weight is 435 g/mol. The number of amides is 1. The number of rotatable bonds is 5. The molecule has 5 nitrogen and oxygen atoms in total. The van der Waals surface area contributed by atoms with Gasteiger partial charge in [-0.25, -0.2) is 0 Å². The van der Waals surface area contributed by atoms with Crippen LogP contribution >= 0.6 is 15.9 Å². The molecule has 3 unspecified atom stereocenters. The number of carbonyl (C=O) groups excluding carboxylic acids is 1. The molecule has 0 N–H and O–H groups in total. The number of nitro groups is 1. The van der Waals surface area contributed by atoms with Crippen molar-refractivity contribution in [3.05, 3.63) is 39.9 Å². The monoisotopic (exact) mass is 434 g/mol. The van der Waals surface area contributed by atoms with E-state index in [4.69, 9.17) is 0 Å². The molecule has 1 amide bonds. The maximum Gasteiger partial charge on any atom is 0.269 e. The fraction of sp³-hybridized carbons (Fsp3) is 0.667. The number of hydrogen-bond donors (Lipinski definition) is 0. The first kappa shape index (κ1) is 18.9. The van der Waals surface area contributed by atoms with Crippen molar-refractivity contribution in [1.29, 1.82) is 0 Å². The van der Waals surface area contributed by atoms with Crippen LogP contribution in [-0.2, 0) is 4.79 Å². The van der Waals surface area contributed by atoms with Crippen LogP contribution in [0.1, 0.15) is 63.5 Å². The minimum Gasteiger partial charge on any atom is -0.339 e. The SMILES string of the molecule is CC(c1cccc([N+](=O)[O-])c1)N(C)C(=O)CC12CC3CC(CC(Br)(C3)C1)C2. The van der Waals surface area contributed by atoms with Gasteiger partial charge in [0.2, 0.25) is 5.91 Å². The van der Waals surface area contributed by atoms with Crippen LogP contribution in [0, 0.1) is 27.4 Å². The van der Waals surface area contributed by atoms with Gasteiger partial charge in [-0.15, -0.1) is 0 Å². The second-order valence-corrected chi connectivity index (χ2v) is 11.0. The smallest absolute Gasteiger partial charge is 0.269 e. The Balaban J connectivity index is 1.48. The summed E-state index contributed by atoms with van der Waals surface area (Å²) >= 11 is 4.02. The molecule has 4 saturated carbocycles. The molecular formula is C21H27BrN2O3. The Kier molecular flexibility index (Phi) is 4.60. The second kappa shape index (κ2) is 6.57. The molecule has 5 rings (SSSR count). The lowest BCUT2D eigenvalue weighted by Crippen LogP contribution is -2.54. The molecule has 27 heavy (non-hydrogen) atoms. The Morgan fingerprint density at radius 2 is 2.00 bits per heavy atom. The van der Waals surface area contributed by atoms with Crippen LogP contribution in [0.4, 0.5) is 5.69 Å². The van der Waals surface area contributed by atoms with Crippen molar-refractivity contribution in [2.45, 2.75) is 62.2 Å². The number of carbonyl (C=O) groups is 1. The fourth-order valence-corrected chi connectivity index (χ4v) is 7.84. The van der Waals surface area contributed by atoms with E-state index < -0.39 is 0 Å². The van der Waals surface area contributed by atoms with E-state index in [1.807, 2.05) is 20.0 Å². The molecule has 4 fully saturated rings. The first-order valence-electron chi connectivity index (χ1n) is 9.88. The Morgan fingerprint density at radius 3 is 2.59 bits per heavy atom. The first-order valence-corrected chi connectivity index (χ1v) is 10.7. The molecule has 0 aromatic heterocycles. The molecule has 1 aromatic carbocycles. The third-order valence-electron chi connectivity index (χ3n) is 7.17. The molecule has 1 aromatic rings. The van der Waals surface area contributed by atoms with Gasteiger partial charge in [-0.1, -0.05) is 28.1 Å². The predicted molar refractivity (Wildman–Crippen MR) is 108 cm³/mol. The van der Waals surface area contributed by atoms with Crippen molar-refractivity contribution in [2.24, 2.45) is 17.3 Å². The number of hydrogen-bond acceptors (Lipinski definition) is 3. The summed E-state index contributed by atoms with van der Waals surface area (Å²) in [6, 6.07) is 6.44. The Labute approximate surface area is 168 Å². The van der Waals surface area contributed by atoms with Crippen molar-refractivity contribution in [2.75, 3.05) is 7.05 Å². The maximum absolute atomic E-state index is 13.1. The summed E-state index contributed by atoms with van der Waals surface area (Å²) < 4.78 is 0.252. The zero-order chi connectivity index (χ0) is 19.4. The van der Waals surface area contributed by atoms with E-state index >= 15 is 0 Å². The van der Waals surface area contributed by atoms with Crippen LogP contribution in [0.15, 0.2) is 24.3 Å². The van der Waals surface area contributed by atoms with Crippen LogP contribution in [0.3, 0.4) is 0 Å². The highest BCUT2D eigenvalue weighted by atomic mass is 79.9. The third kappa shape index (κ3) is 3.53. The fourth-order valence-electron chi connectivity index (χ4n) is 6.33. The molecular weight excluding hydrogens is 408 g/mol. The highest BCUT2D eigenvalue weighted by molar-refractivity contribution is 9.10. The molecule has 4 aliphatic carbocycles. The summed E-state index contributed by atoms with van der Waals surface area (Å²) in [7, 11) is 1.83. The van der Waals surface area contributed by atoms with Gasteiger partial charge < -0.3 is 4.90 Å². The number of benzene rings is 1.